The van der Waals surface area contributed by atoms with Gasteiger partial charge >= 0.3 is 0 Å². The first-order valence-electron chi connectivity index (χ1n) is 6.64. The fourth-order valence-corrected chi connectivity index (χ4v) is 2.56. The lowest BCUT2D eigenvalue weighted by Gasteiger charge is -2.18. The molecule has 0 saturated carbocycles. The molecule has 1 heterocycles. The lowest BCUT2D eigenvalue weighted by molar-refractivity contribution is 0.0989. The van der Waals surface area contributed by atoms with Crippen LogP contribution in [0.4, 0.5) is 15.8 Å². The molecule has 5 heteroatoms. The highest BCUT2D eigenvalue weighted by atomic mass is 19.1. The van der Waals surface area contributed by atoms with Crippen LogP contribution in [0.1, 0.15) is 15.9 Å². The maximum Gasteiger partial charge on any atom is 0.258 e. The maximum atomic E-state index is 13.4. The van der Waals surface area contributed by atoms with Crippen LogP contribution in [0, 0.1) is 5.82 Å². The van der Waals surface area contributed by atoms with E-state index in [1.54, 1.807) is 11.0 Å². The van der Waals surface area contributed by atoms with Crippen molar-refractivity contribution in [3.8, 4) is 5.75 Å². The first kappa shape index (κ1) is 13.4. The summed E-state index contributed by atoms with van der Waals surface area (Å²) in [5.41, 5.74) is 8.71. The number of rotatable bonds is 2. The molecular formula is C16H15FN2O2. The zero-order valence-electron chi connectivity index (χ0n) is 11.6. The smallest absolute Gasteiger partial charge is 0.258 e. The molecule has 0 aliphatic carbocycles. The van der Waals surface area contributed by atoms with E-state index in [-0.39, 0.29) is 11.7 Å². The number of fused-ring (bicyclic) bond motifs is 1. The van der Waals surface area contributed by atoms with Gasteiger partial charge in [0.05, 0.1) is 7.11 Å². The van der Waals surface area contributed by atoms with Crippen molar-refractivity contribution in [1.82, 2.24) is 0 Å². The second-order valence-electron chi connectivity index (χ2n) is 4.94. The summed E-state index contributed by atoms with van der Waals surface area (Å²) in [4.78, 5) is 14.3. The van der Waals surface area contributed by atoms with E-state index in [0.29, 0.717) is 17.8 Å². The average Bonchev–Trinajstić information content (AvgIpc) is 2.90. The molecule has 0 radical (unpaired) electrons. The summed E-state index contributed by atoms with van der Waals surface area (Å²) in [5, 5.41) is 0. The van der Waals surface area contributed by atoms with E-state index >= 15 is 0 Å². The van der Waals surface area contributed by atoms with Gasteiger partial charge in [-0.15, -0.1) is 0 Å². The highest BCUT2D eigenvalue weighted by molar-refractivity contribution is 6.07. The van der Waals surface area contributed by atoms with Crippen LogP contribution in [0.25, 0.3) is 0 Å². The molecule has 21 heavy (non-hydrogen) atoms. The van der Waals surface area contributed by atoms with E-state index in [1.807, 2.05) is 12.1 Å². The van der Waals surface area contributed by atoms with Crippen molar-refractivity contribution in [3.63, 3.8) is 0 Å². The van der Waals surface area contributed by atoms with Gasteiger partial charge in [-0.05, 0) is 42.3 Å². The normalized spacial score (nSPS) is 13.1. The minimum Gasteiger partial charge on any atom is -0.494 e. The molecule has 1 amide bonds. The van der Waals surface area contributed by atoms with E-state index in [0.717, 1.165) is 17.7 Å². The number of nitrogens with zero attached hydrogens (tertiary/aromatic N) is 1. The zero-order valence-corrected chi connectivity index (χ0v) is 11.6. The molecule has 2 aromatic rings. The average molecular weight is 286 g/mol. The maximum absolute atomic E-state index is 13.4. The summed E-state index contributed by atoms with van der Waals surface area (Å²) in [6.07, 6.45) is 0.791. The third kappa shape index (κ3) is 2.31. The van der Waals surface area contributed by atoms with E-state index in [1.165, 1.54) is 25.3 Å². The monoisotopic (exact) mass is 286 g/mol. The first-order valence-corrected chi connectivity index (χ1v) is 6.64. The highest BCUT2D eigenvalue weighted by Crippen LogP contribution is 2.31. The summed E-state index contributed by atoms with van der Waals surface area (Å²) in [6, 6.07) is 9.67. The van der Waals surface area contributed by atoms with Gasteiger partial charge in [0.1, 0.15) is 0 Å². The Kier molecular flexibility index (Phi) is 3.25. The van der Waals surface area contributed by atoms with Crippen molar-refractivity contribution in [3.05, 3.63) is 53.3 Å². The third-order valence-electron chi connectivity index (χ3n) is 3.65. The largest absolute Gasteiger partial charge is 0.494 e. The molecule has 0 saturated heterocycles. The van der Waals surface area contributed by atoms with Crippen molar-refractivity contribution in [2.24, 2.45) is 0 Å². The van der Waals surface area contributed by atoms with Crippen LogP contribution >= 0.6 is 0 Å². The van der Waals surface area contributed by atoms with Gasteiger partial charge < -0.3 is 15.4 Å². The van der Waals surface area contributed by atoms with E-state index in [4.69, 9.17) is 10.5 Å². The summed E-state index contributed by atoms with van der Waals surface area (Å²) in [6.45, 7) is 0.595. The Bertz CT molecular complexity index is 715. The van der Waals surface area contributed by atoms with Crippen molar-refractivity contribution in [2.75, 3.05) is 24.3 Å². The van der Waals surface area contributed by atoms with Gasteiger partial charge in [-0.1, -0.05) is 6.07 Å². The molecule has 2 aromatic carbocycles. The molecular weight excluding hydrogens is 271 g/mol. The number of hydrogen-bond acceptors (Lipinski definition) is 3. The van der Waals surface area contributed by atoms with Crippen molar-refractivity contribution < 1.29 is 13.9 Å². The molecule has 2 N–H and O–H groups in total. The number of nitrogen functional groups attached to an aromatic ring is 1. The van der Waals surface area contributed by atoms with Crippen molar-refractivity contribution in [1.29, 1.82) is 0 Å². The van der Waals surface area contributed by atoms with Gasteiger partial charge in [0, 0.05) is 23.5 Å². The molecule has 0 aromatic heterocycles. The lowest BCUT2D eigenvalue weighted by Crippen LogP contribution is -2.29. The van der Waals surface area contributed by atoms with Gasteiger partial charge in [-0.25, -0.2) is 4.39 Å². The minimum absolute atomic E-state index is 0.0628. The summed E-state index contributed by atoms with van der Waals surface area (Å²) < 4.78 is 18.4. The second-order valence-corrected chi connectivity index (χ2v) is 4.94. The molecule has 108 valence electrons. The number of ether oxygens (including phenoxy) is 1. The summed E-state index contributed by atoms with van der Waals surface area (Å²) in [7, 11) is 1.37. The molecule has 0 atom stereocenters. The molecule has 0 spiro atoms. The van der Waals surface area contributed by atoms with Crippen molar-refractivity contribution in [2.45, 2.75) is 6.42 Å². The number of anilines is 2. The van der Waals surface area contributed by atoms with Crippen LogP contribution in [0.2, 0.25) is 0 Å². The van der Waals surface area contributed by atoms with Gasteiger partial charge in [0.2, 0.25) is 0 Å². The van der Waals surface area contributed by atoms with Gasteiger partial charge in [0.15, 0.2) is 11.6 Å². The first-order chi connectivity index (χ1) is 10.1. The quantitative estimate of drug-likeness (QED) is 0.863. The fourth-order valence-electron chi connectivity index (χ4n) is 2.56. The third-order valence-corrected chi connectivity index (χ3v) is 3.65. The number of halogens is 1. The highest BCUT2D eigenvalue weighted by Gasteiger charge is 2.26. The second kappa shape index (κ2) is 5.09. The van der Waals surface area contributed by atoms with Crippen molar-refractivity contribution >= 4 is 17.3 Å². The Labute approximate surface area is 121 Å². The molecule has 1 aliphatic heterocycles. The lowest BCUT2D eigenvalue weighted by atomic mass is 10.1. The molecule has 4 nitrogen and oxygen atoms in total. The SMILES string of the molecule is COc1cc(C(=O)N2CCc3ccc(N)cc32)ccc1F. The minimum atomic E-state index is -0.486. The molecule has 3 rings (SSSR count). The molecule has 0 unspecified atom stereocenters. The molecule has 1 aliphatic rings. The fraction of sp³-hybridized carbons (Fsp3) is 0.188. The number of benzene rings is 2. The van der Waals surface area contributed by atoms with Crippen LogP contribution in [-0.2, 0) is 6.42 Å². The number of amides is 1. The van der Waals surface area contributed by atoms with Crippen LogP contribution in [0.3, 0.4) is 0 Å². The molecule has 0 fully saturated rings. The Balaban J connectivity index is 1.96. The Morgan fingerprint density at radius 1 is 1.29 bits per heavy atom. The van der Waals surface area contributed by atoms with Crippen LogP contribution < -0.4 is 15.4 Å². The molecule has 0 bridgehead atoms. The van der Waals surface area contributed by atoms with E-state index in [2.05, 4.69) is 0 Å². The van der Waals surface area contributed by atoms with Gasteiger partial charge in [0.25, 0.3) is 5.91 Å². The number of carbonyl (C=O) groups is 1. The summed E-state index contributed by atoms with van der Waals surface area (Å²) >= 11 is 0. The van der Waals surface area contributed by atoms with Gasteiger partial charge in [-0.3, -0.25) is 4.79 Å². The topological polar surface area (TPSA) is 55.6 Å². The number of hydrogen-bond donors (Lipinski definition) is 1. The Morgan fingerprint density at radius 3 is 2.86 bits per heavy atom. The van der Waals surface area contributed by atoms with E-state index < -0.39 is 5.82 Å². The number of carbonyl (C=O) groups excluding carboxylic acids is 1. The summed E-state index contributed by atoms with van der Waals surface area (Å²) in [5.74, 6) is -0.606. The number of nitrogens with two attached hydrogens (primary N) is 1. The van der Waals surface area contributed by atoms with Crippen LogP contribution in [-0.4, -0.2) is 19.6 Å². The Morgan fingerprint density at radius 2 is 2.10 bits per heavy atom. The van der Waals surface area contributed by atoms with E-state index in [9.17, 15) is 9.18 Å². The predicted molar refractivity (Wildman–Crippen MR) is 79.2 cm³/mol. The zero-order chi connectivity index (χ0) is 15.0. The standard InChI is InChI=1S/C16H15FN2O2/c1-21-15-8-11(3-5-13(15)17)16(20)19-7-6-10-2-4-12(18)9-14(10)19/h2-5,8-9H,6-7,18H2,1H3. The Hall–Kier alpha value is -2.56. The predicted octanol–water partition coefficient (Wildman–Crippen LogP) is 2.62. The number of methoxy groups -OCH3 is 1. The van der Waals surface area contributed by atoms with Crippen LogP contribution in [0.15, 0.2) is 36.4 Å². The van der Waals surface area contributed by atoms with Crippen LogP contribution in [0.5, 0.6) is 5.75 Å². The van der Waals surface area contributed by atoms with Gasteiger partial charge in [-0.2, -0.15) is 0 Å².